The van der Waals surface area contributed by atoms with Crippen LogP contribution in [0.25, 0.3) is 11.1 Å². The number of aromatic nitrogens is 1. The van der Waals surface area contributed by atoms with Crippen LogP contribution in [0.1, 0.15) is 12.3 Å². The van der Waals surface area contributed by atoms with E-state index in [1.54, 1.807) is 0 Å². The van der Waals surface area contributed by atoms with Crippen molar-refractivity contribution in [2.24, 2.45) is 0 Å². The van der Waals surface area contributed by atoms with Crippen LogP contribution in [0.4, 0.5) is 5.69 Å². The molecule has 4 heteroatoms. The Morgan fingerprint density at radius 1 is 1.47 bits per heavy atom. The lowest BCUT2D eigenvalue weighted by Gasteiger charge is -2.03. The zero-order chi connectivity index (χ0) is 10.7. The molecule has 1 aromatic heterocycles. The molecule has 2 aromatic rings. The normalized spacial score (nSPS) is 10.8. The van der Waals surface area contributed by atoms with Crippen LogP contribution in [-0.4, -0.2) is 17.3 Å². The zero-order valence-corrected chi connectivity index (χ0v) is 9.55. The van der Waals surface area contributed by atoms with Gasteiger partial charge < -0.3 is 9.73 Å². The fraction of sp³-hybridized carbons (Fsp3) is 0.364. The van der Waals surface area contributed by atoms with Crippen LogP contribution in [0, 0.1) is 6.92 Å². The van der Waals surface area contributed by atoms with Crippen LogP contribution in [0.3, 0.4) is 0 Å². The number of oxazole rings is 1. The van der Waals surface area contributed by atoms with Gasteiger partial charge in [0.15, 0.2) is 11.5 Å². The van der Waals surface area contributed by atoms with E-state index in [1.165, 1.54) is 0 Å². The molecule has 1 N–H and O–H groups in total. The first-order valence-corrected chi connectivity index (χ1v) is 5.65. The summed E-state index contributed by atoms with van der Waals surface area (Å²) >= 11 is 4.16. The molecule has 15 heavy (non-hydrogen) atoms. The number of nitrogens with zero attached hydrogens (tertiary/aromatic N) is 1. The van der Waals surface area contributed by atoms with Gasteiger partial charge in [0.05, 0.1) is 0 Å². The fourth-order valence-corrected chi connectivity index (χ4v) is 1.62. The quantitative estimate of drug-likeness (QED) is 0.617. The van der Waals surface area contributed by atoms with Gasteiger partial charge >= 0.3 is 0 Å². The average molecular weight is 222 g/mol. The van der Waals surface area contributed by atoms with Crippen molar-refractivity contribution >= 4 is 29.4 Å². The summed E-state index contributed by atoms with van der Waals surface area (Å²) in [5, 5.41) is 3.32. The van der Waals surface area contributed by atoms with Crippen molar-refractivity contribution < 1.29 is 4.42 Å². The lowest BCUT2D eigenvalue weighted by molar-refractivity contribution is 0.561. The van der Waals surface area contributed by atoms with Gasteiger partial charge in [-0.05, 0) is 30.4 Å². The van der Waals surface area contributed by atoms with Crippen molar-refractivity contribution in [3.05, 3.63) is 24.1 Å². The van der Waals surface area contributed by atoms with Gasteiger partial charge in [0.1, 0.15) is 5.52 Å². The fourth-order valence-electron chi connectivity index (χ4n) is 1.46. The largest absolute Gasteiger partial charge is 0.441 e. The molecule has 0 unspecified atom stereocenters. The molecule has 0 aliphatic heterocycles. The van der Waals surface area contributed by atoms with Crippen LogP contribution in [-0.2, 0) is 0 Å². The van der Waals surface area contributed by atoms with Gasteiger partial charge in [0.2, 0.25) is 0 Å². The molecule has 1 heterocycles. The Kier molecular flexibility index (Phi) is 3.16. The highest BCUT2D eigenvalue weighted by molar-refractivity contribution is 7.80. The first kappa shape index (κ1) is 10.4. The molecule has 2 rings (SSSR count). The number of rotatable bonds is 4. The number of aryl methyl sites for hydroxylation is 1. The first-order chi connectivity index (χ1) is 7.29. The molecule has 0 radical (unpaired) electrons. The molecule has 0 fully saturated rings. The van der Waals surface area contributed by atoms with Crippen molar-refractivity contribution in [2.45, 2.75) is 13.3 Å². The molecule has 1 aromatic carbocycles. The molecular formula is C11H14N2OS. The maximum atomic E-state index is 5.40. The Bertz CT molecular complexity index is 453. The van der Waals surface area contributed by atoms with Crippen molar-refractivity contribution in [2.75, 3.05) is 17.6 Å². The summed E-state index contributed by atoms with van der Waals surface area (Å²) in [6, 6.07) is 5.95. The number of hydrogen-bond donors (Lipinski definition) is 2. The molecule has 80 valence electrons. The van der Waals surface area contributed by atoms with E-state index < -0.39 is 0 Å². The average Bonchev–Trinajstić information content (AvgIpc) is 2.57. The number of fused-ring (bicyclic) bond motifs is 1. The Labute approximate surface area is 94.3 Å². The Morgan fingerprint density at radius 3 is 3.13 bits per heavy atom. The molecule has 0 saturated heterocycles. The van der Waals surface area contributed by atoms with Gasteiger partial charge in [0, 0.05) is 19.2 Å². The number of benzene rings is 1. The van der Waals surface area contributed by atoms with Gasteiger partial charge in [-0.2, -0.15) is 12.6 Å². The Morgan fingerprint density at radius 2 is 2.33 bits per heavy atom. The summed E-state index contributed by atoms with van der Waals surface area (Å²) in [4.78, 5) is 4.28. The maximum absolute atomic E-state index is 5.40. The molecule has 0 bridgehead atoms. The number of anilines is 1. The topological polar surface area (TPSA) is 38.1 Å². The van der Waals surface area contributed by atoms with Crippen LogP contribution in [0.5, 0.6) is 0 Å². The SMILES string of the molecule is Cc1nc2cc(NCCCS)ccc2o1. The van der Waals surface area contributed by atoms with E-state index in [0.29, 0.717) is 5.89 Å². The summed E-state index contributed by atoms with van der Waals surface area (Å²) in [7, 11) is 0. The van der Waals surface area contributed by atoms with Gasteiger partial charge in [-0.3, -0.25) is 0 Å². The molecule has 0 aliphatic rings. The van der Waals surface area contributed by atoms with E-state index in [4.69, 9.17) is 4.42 Å². The molecule has 0 atom stereocenters. The summed E-state index contributed by atoms with van der Waals surface area (Å²) in [5.41, 5.74) is 2.83. The van der Waals surface area contributed by atoms with Crippen LogP contribution >= 0.6 is 12.6 Å². The third-order valence-electron chi connectivity index (χ3n) is 2.16. The minimum absolute atomic E-state index is 0.706. The van der Waals surface area contributed by atoms with Crippen LogP contribution < -0.4 is 5.32 Å². The highest BCUT2D eigenvalue weighted by Gasteiger charge is 2.02. The predicted octanol–water partition coefficient (Wildman–Crippen LogP) is 2.87. The second-order valence-corrected chi connectivity index (χ2v) is 3.87. The Hall–Kier alpha value is -1.16. The van der Waals surface area contributed by atoms with Crippen molar-refractivity contribution in [3.8, 4) is 0 Å². The van der Waals surface area contributed by atoms with E-state index in [0.717, 1.165) is 35.5 Å². The summed E-state index contributed by atoms with van der Waals surface area (Å²) in [5.74, 6) is 1.61. The molecule has 0 saturated carbocycles. The third-order valence-corrected chi connectivity index (χ3v) is 2.47. The second-order valence-electron chi connectivity index (χ2n) is 3.42. The van der Waals surface area contributed by atoms with Gasteiger partial charge in [-0.1, -0.05) is 0 Å². The van der Waals surface area contributed by atoms with Crippen molar-refractivity contribution in [1.29, 1.82) is 0 Å². The van der Waals surface area contributed by atoms with Crippen LogP contribution in [0.2, 0.25) is 0 Å². The predicted molar refractivity (Wildman–Crippen MR) is 65.7 cm³/mol. The maximum Gasteiger partial charge on any atom is 0.192 e. The van der Waals surface area contributed by atoms with Crippen molar-refractivity contribution in [3.63, 3.8) is 0 Å². The smallest absolute Gasteiger partial charge is 0.192 e. The molecular weight excluding hydrogens is 208 g/mol. The molecule has 3 nitrogen and oxygen atoms in total. The molecule has 0 spiro atoms. The lowest BCUT2D eigenvalue weighted by Crippen LogP contribution is -2.01. The van der Waals surface area contributed by atoms with E-state index in [2.05, 4.69) is 22.9 Å². The minimum Gasteiger partial charge on any atom is -0.441 e. The highest BCUT2D eigenvalue weighted by atomic mass is 32.1. The standard InChI is InChI=1S/C11H14N2OS/c1-8-13-10-7-9(12-5-2-6-15)3-4-11(10)14-8/h3-4,7,12,15H,2,5-6H2,1H3. The van der Waals surface area contributed by atoms with Gasteiger partial charge in [-0.15, -0.1) is 0 Å². The molecule has 0 amide bonds. The van der Waals surface area contributed by atoms with E-state index in [1.807, 2.05) is 25.1 Å². The van der Waals surface area contributed by atoms with E-state index in [9.17, 15) is 0 Å². The summed E-state index contributed by atoms with van der Waals surface area (Å²) in [6.07, 6.45) is 1.05. The molecule has 0 aliphatic carbocycles. The van der Waals surface area contributed by atoms with E-state index in [-0.39, 0.29) is 0 Å². The van der Waals surface area contributed by atoms with E-state index >= 15 is 0 Å². The minimum atomic E-state index is 0.706. The number of nitrogens with one attached hydrogen (secondary N) is 1. The second kappa shape index (κ2) is 4.57. The highest BCUT2D eigenvalue weighted by Crippen LogP contribution is 2.19. The van der Waals surface area contributed by atoms with Gasteiger partial charge in [-0.25, -0.2) is 4.98 Å². The number of thiol groups is 1. The monoisotopic (exact) mass is 222 g/mol. The lowest BCUT2D eigenvalue weighted by atomic mass is 10.3. The summed E-state index contributed by atoms with van der Waals surface area (Å²) in [6.45, 7) is 2.79. The summed E-state index contributed by atoms with van der Waals surface area (Å²) < 4.78 is 5.40. The zero-order valence-electron chi connectivity index (χ0n) is 8.66. The third kappa shape index (κ3) is 2.45. The van der Waals surface area contributed by atoms with Crippen molar-refractivity contribution in [1.82, 2.24) is 4.98 Å². The number of hydrogen-bond acceptors (Lipinski definition) is 4. The van der Waals surface area contributed by atoms with Gasteiger partial charge in [0.25, 0.3) is 0 Å². The first-order valence-electron chi connectivity index (χ1n) is 5.01. The Balaban J connectivity index is 2.15. The van der Waals surface area contributed by atoms with Crippen LogP contribution in [0.15, 0.2) is 22.6 Å².